The van der Waals surface area contributed by atoms with Crippen molar-refractivity contribution < 1.29 is 45.7 Å². The average molecular weight is 707 g/mol. The number of benzene rings is 3. The highest BCUT2D eigenvalue weighted by molar-refractivity contribution is 7.89. The first-order valence-electron chi connectivity index (χ1n) is 15.1. The quantitative estimate of drug-likeness (QED) is 0.0189. The van der Waals surface area contributed by atoms with E-state index in [1.807, 2.05) is 11.5 Å². The summed E-state index contributed by atoms with van der Waals surface area (Å²) in [7, 11) is -8.51. The number of carbonyl (C=O) groups excluding carboxylic acids is 1. The van der Waals surface area contributed by atoms with Crippen LogP contribution in [0.2, 0.25) is 0 Å². The Bertz CT molecular complexity index is 1900. The molecule has 0 bridgehead atoms. The number of hydrogen-bond donors (Lipinski definition) is 4. The third kappa shape index (κ3) is 9.46. The maximum absolute atomic E-state index is 14.6. The van der Waals surface area contributed by atoms with Gasteiger partial charge in [-0.3, -0.25) is 14.2 Å². The van der Waals surface area contributed by atoms with Gasteiger partial charge in [-0.2, -0.15) is 13.0 Å². The van der Waals surface area contributed by atoms with Crippen LogP contribution in [-0.4, -0.2) is 68.1 Å². The second-order valence-electron chi connectivity index (χ2n) is 11.0. The van der Waals surface area contributed by atoms with Crippen LogP contribution in [0.25, 0.3) is 21.8 Å². The summed E-state index contributed by atoms with van der Waals surface area (Å²) in [6.45, 7) is 2.71. The molecule has 0 fully saturated rings. The van der Waals surface area contributed by atoms with Gasteiger partial charge < -0.3 is 5.11 Å². The van der Waals surface area contributed by atoms with E-state index in [1.165, 1.54) is 12.1 Å². The first kappa shape index (κ1) is 36.2. The van der Waals surface area contributed by atoms with E-state index in [0.717, 1.165) is 9.87 Å². The van der Waals surface area contributed by atoms with Crippen LogP contribution in [0.4, 0.5) is 0 Å². The van der Waals surface area contributed by atoms with Crippen LogP contribution >= 0.6 is 11.8 Å². The lowest BCUT2D eigenvalue weighted by molar-refractivity contribution is -0.645. The fourth-order valence-corrected chi connectivity index (χ4v) is 7.32. The van der Waals surface area contributed by atoms with Crippen LogP contribution in [0.5, 0.6) is 0 Å². The molecule has 4 N–H and O–H groups in total. The third-order valence-electron chi connectivity index (χ3n) is 7.59. The number of rotatable bonds is 17. The minimum Gasteiger partial charge on any atom is -0.464 e. The number of aromatic nitrogens is 1. The summed E-state index contributed by atoms with van der Waals surface area (Å²) in [6, 6.07) is 20.3. The number of aliphatic hydroxyl groups excluding tert-OH is 1. The van der Waals surface area contributed by atoms with Crippen molar-refractivity contribution in [1.82, 2.24) is 9.30 Å². The van der Waals surface area contributed by atoms with E-state index in [0.29, 0.717) is 47.8 Å². The van der Waals surface area contributed by atoms with E-state index < -0.39 is 31.8 Å². The highest BCUT2D eigenvalue weighted by atomic mass is 35.5. The minimum atomic E-state index is -4.33. The number of para-hydroxylation sites is 2. The molecule has 0 saturated carbocycles. The standard InChI is InChI=1S/C32H37ClN4O8S2/c1-24-15-17-25(18-16-24)47(43,44)37(21-8-14-30(38)34-19-6-7-22-45-35-33)32(39)31-26-10-2-4-12-28(26)36(20-9-23-46(40,41)42)29-13-5-3-11-27(29)31/h2-5,10-13,15-18,35H,6-9,14,19-23H2,1H3,(H-,34,38,40,41,42)/p+2. The number of sulfonamides is 1. The highest BCUT2D eigenvalue weighted by Crippen LogP contribution is 2.29. The van der Waals surface area contributed by atoms with Crippen LogP contribution < -0.4 is 14.6 Å². The number of aliphatic hydroxyl groups is 1. The van der Waals surface area contributed by atoms with Gasteiger partial charge in [-0.15, -0.1) is 5.00 Å². The predicted molar refractivity (Wildman–Crippen MR) is 179 cm³/mol. The Morgan fingerprint density at radius 1 is 0.915 bits per heavy atom. The molecular weight excluding hydrogens is 668 g/mol. The molecule has 12 nitrogen and oxygen atoms in total. The number of nitrogens with zero attached hydrogens (tertiary/aromatic N) is 2. The smallest absolute Gasteiger partial charge is 0.332 e. The Labute approximate surface area is 279 Å². The Morgan fingerprint density at radius 3 is 2.13 bits per heavy atom. The second kappa shape index (κ2) is 16.4. The molecule has 1 amide bonds. The van der Waals surface area contributed by atoms with Crippen LogP contribution in [0.3, 0.4) is 0 Å². The van der Waals surface area contributed by atoms with Gasteiger partial charge >= 0.3 is 5.90 Å². The van der Waals surface area contributed by atoms with Crippen molar-refractivity contribution in [3.8, 4) is 0 Å². The molecule has 0 radical (unpaired) electrons. The van der Waals surface area contributed by atoms with Gasteiger partial charge in [0.2, 0.25) is 11.0 Å². The number of amides is 1. The van der Waals surface area contributed by atoms with Gasteiger partial charge in [0.15, 0.2) is 6.54 Å². The zero-order chi connectivity index (χ0) is 34.0. The molecular formula is C32H39ClN4O8S2+2. The molecule has 0 aliphatic rings. The largest absolute Gasteiger partial charge is 0.464 e. The van der Waals surface area contributed by atoms with Crippen molar-refractivity contribution in [3.05, 3.63) is 83.9 Å². The third-order valence-corrected chi connectivity index (χ3v) is 10.3. The molecule has 15 heteroatoms. The second-order valence-corrected chi connectivity index (χ2v) is 14.6. The van der Waals surface area contributed by atoms with E-state index in [2.05, 4.69) is 9.99 Å². The molecule has 0 aliphatic carbocycles. The number of halogens is 1. The van der Waals surface area contributed by atoms with Gasteiger partial charge in [-0.1, -0.05) is 42.0 Å². The number of aryl methyl sites for hydroxylation is 2. The monoisotopic (exact) mass is 706 g/mol. The molecule has 47 heavy (non-hydrogen) atoms. The van der Waals surface area contributed by atoms with Gasteiger partial charge in [0.05, 0.1) is 40.0 Å². The predicted octanol–water partition coefficient (Wildman–Crippen LogP) is 2.97. The van der Waals surface area contributed by atoms with E-state index in [9.17, 15) is 31.3 Å². The first-order chi connectivity index (χ1) is 22.4. The summed E-state index contributed by atoms with van der Waals surface area (Å²) in [5.41, 5.74) is 2.23. The average Bonchev–Trinajstić information content (AvgIpc) is 3.03. The van der Waals surface area contributed by atoms with Gasteiger partial charge in [0.25, 0.3) is 26.0 Å². The maximum atomic E-state index is 14.6. The van der Waals surface area contributed by atoms with Crippen LogP contribution in [-0.2, 0) is 31.5 Å². The Morgan fingerprint density at radius 2 is 1.53 bits per heavy atom. The van der Waals surface area contributed by atoms with Crippen molar-refractivity contribution in [3.63, 3.8) is 0 Å². The number of pyridine rings is 1. The number of hydrogen-bond acceptors (Lipinski definition) is 7. The van der Waals surface area contributed by atoms with E-state index in [-0.39, 0.29) is 48.7 Å². The SMILES string of the molecule is Cc1ccc(S(=O)(=O)N(CCCC(O)=[NH+]CCCCONCl)C(=O)c2c3ccccc3[n+](CCCS(=O)(=O)O)c3ccccc23)cc1. The van der Waals surface area contributed by atoms with Crippen molar-refractivity contribution in [2.75, 3.05) is 25.4 Å². The normalized spacial score (nSPS) is 12.5. The van der Waals surface area contributed by atoms with Crippen molar-refractivity contribution >= 4 is 65.5 Å². The van der Waals surface area contributed by atoms with E-state index >= 15 is 0 Å². The van der Waals surface area contributed by atoms with Crippen LogP contribution in [0.1, 0.15) is 48.0 Å². The summed E-state index contributed by atoms with van der Waals surface area (Å²) in [5, 5.41) is 11.4. The van der Waals surface area contributed by atoms with Crippen molar-refractivity contribution in [2.45, 2.75) is 50.5 Å². The fourth-order valence-electron chi connectivity index (χ4n) is 5.33. The van der Waals surface area contributed by atoms with E-state index in [4.69, 9.17) is 16.6 Å². The first-order valence-corrected chi connectivity index (χ1v) is 18.5. The summed E-state index contributed by atoms with van der Waals surface area (Å²) >= 11 is 5.25. The lowest BCUT2D eigenvalue weighted by Gasteiger charge is -2.24. The molecule has 0 saturated heterocycles. The van der Waals surface area contributed by atoms with Crippen LogP contribution in [0, 0.1) is 6.92 Å². The summed E-state index contributed by atoms with van der Waals surface area (Å²) in [4.78, 5) is 24.4. The topological polar surface area (TPSA) is 168 Å². The number of unbranched alkanes of at least 4 members (excludes halogenated alkanes) is 1. The Balaban J connectivity index is 1.73. The molecule has 1 heterocycles. The Hall–Kier alpha value is -3.66. The van der Waals surface area contributed by atoms with Gasteiger partial charge in [0.1, 0.15) is 6.54 Å². The molecule has 4 aromatic rings. The molecule has 4 rings (SSSR count). The Kier molecular flexibility index (Phi) is 12.7. The lowest BCUT2D eigenvalue weighted by atomic mass is 10.0. The molecule has 0 spiro atoms. The zero-order valence-electron chi connectivity index (χ0n) is 25.9. The van der Waals surface area contributed by atoms with Crippen molar-refractivity contribution in [1.29, 1.82) is 0 Å². The van der Waals surface area contributed by atoms with Crippen molar-refractivity contribution in [2.24, 2.45) is 0 Å². The molecule has 252 valence electrons. The summed E-state index contributed by atoms with van der Waals surface area (Å²) in [5.74, 6) is -1.20. The molecule has 3 aromatic carbocycles. The maximum Gasteiger partial charge on any atom is 0.332 e. The zero-order valence-corrected chi connectivity index (χ0v) is 28.3. The molecule has 0 atom stereocenters. The molecule has 0 aliphatic heterocycles. The van der Waals surface area contributed by atoms with Crippen LogP contribution in [0.15, 0.2) is 77.7 Å². The number of carbonyl (C=O) groups is 1. The highest BCUT2D eigenvalue weighted by Gasteiger charge is 2.34. The van der Waals surface area contributed by atoms with Gasteiger partial charge in [0, 0.05) is 43.3 Å². The number of fused-ring (bicyclic) bond motifs is 2. The van der Waals surface area contributed by atoms with Gasteiger partial charge in [-0.25, -0.2) is 17.7 Å². The summed E-state index contributed by atoms with van der Waals surface area (Å²) in [6.07, 6.45) is 1.75. The lowest BCUT2D eigenvalue weighted by Crippen LogP contribution is -2.73. The molecule has 0 unspecified atom stereocenters. The van der Waals surface area contributed by atoms with E-state index in [1.54, 1.807) is 60.7 Å². The minimum absolute atomic E-state index is 0.0249. The summed E-state index contributed by atoms with van der Waals surface area (Å²) < 4.78 is 63.1. The molecule has 1 aromatic heterocycles. The van der Waals surface area contributed by atoms with Gasteiger partial charge in [-0.05, 0) is 44.0 Å². The number of nitrogens with one attached hydrogen (secondary N) is 2. The fraction of sp³-hybridized carbons (Fsp3) is 0.344.